The summed E-state index contributed by atoms with van der Waals surface area (Å²) >= 11 is 0. The number of sulfonamides is 1. The van der Waals surface area contributed by atoms with Crippen molar-refractivity contribution in [3.8, 4) is 0 Å². The molecule has 0 atom stereocenters. The molecule has 3 N–H and O–H groups in total. The Morgan fingerprint density at radius 2 is 1.95 bits per heavy atom. The Morgan fingerprint density at radius 1 is 1.33 bits per heavy atom. The fraction of sp³-hybridized carbons (Fsp3) is 0.538. The van der Waals surface area contributed by atoms with Crippen molar-refractivity contribution in [2.45, 2.75) is 23.3 Å². The summed E-state index contributed by atoms with van der Waals surface area (Å²) in [4.78, 5) is 1.51. The lowest BCUT2D eigenvalue weighted by Crippen LogP contribution is -2.58. The van der Waals surface area contributed by atoms with Gasteiger partial charge in [-0.05, 0) is 45.1 Å². The van der Waals surface area contributed by atoms with Gasteiger partial charge in [-0.3, -0.25) is 0 Å². The largest absolute Gasteiger partial charge is 0.329 e. The highest BCUT2D eigenvalue weighted by Crippen LogP contribution is 2.24. The number of benzene rings is 1. The zero-order chi connectivity index (χ0) is 15.7. The summed E-state index contributed by atoms with van der Waals surface area (Å²) in [5.41, 5.74) is 4.95. The highest BCUT2D eigenvalue weighted by Gasteiger charge is 2.37. The first kappa shape index (κ1) is 16.3. The first-order chi connectivity index (χ1) is 9.78. The van der Waals surface area contributed by atoms with E-state index in [4.69, 9.17) is 5.73 Å². The van der Waals surface area contributed by atoms with Gasteiger partial charge in [0.25, 0.3) is 0 Å². The van der Waals surface area contributed by atoms with E-state index in [1.165, 1.54) is 0 Å². The lowest BCUT2D eigenvalue weighted by atomic mass is 9.89. The van der Waals surface area contributed by atoms with Crippen molar-refractivity contribution in [3.63, 3.8) is 0 Å². The molecule has 1 aromatic carbocycles. The van der Waals surface area contributed by atoms with Gasteiger partial charge in [0.2, 0.25) is 10.0 Å². The number of nitrogens with one attached hydrogen (secondary N) is 1. The first-order valence-electron chi connectivity index (χ1n) is 6.66. The summed E-state index contributed by atoms with van der Waals surface area (Å²) in [6.45, 7) is 1.53. The lowest BCUT2D eigenvalue weighted by Gasteiger charge is -2.40. The van der Waals surface area contributed by atoms with Crippen LogP contribution in [0.4, 0.5) is 8.78 Å². The Bertz CT molecular complexity index is 614. The van der Waals surface area contributed by atoms with E-state index in [1.807, 2.05) is 7.05 Å². The third kappa shape index (κ3) is 3.57. The van der Waals surface area contributed by atoms with Crippen LogP contribution in [-0.4, -0.2) is 45.5 Å². The van der Waals surface area contributed by atoms with Crippen molar-refractivity contribution in [3.05, 3.63) is 29.8 Å². The van der Waals surface area contributed by atoms with E-state index in [9.17, 15) is 17.2 Å². The van der Waals surface area contributed by atoms with Gasteiger partial charge in [0.1, 0.15) is 16.5 Å². The van der Waals surface area contributed by atoms with Gasteiger partial charge < -0.3 is 10.6 Å². The third-order valence-electron chi connectivity index (χ3n) is 3.87. The number of rotatable bonds is 4. The van der Waals surface area contributed by atoms with Crippen LogP contribution in [0, 0.1) is 11.6 Å². The highest BCUT2D eigenvalue weighted by molar-refractivity contribution is 7.89. The number of hydrogen-bond acceptors (Lipinski definition) is 4. The van der Waals surface area contributed by atoms with Gasteiger partial charge in [-0.1, -0.05) is 0 Å². The lowest BCUT2D eigenvalue weighted by molar-refractivity contribution is 0.182. The molecule has 0 bridgehead atoms. The quantitative estimate of drug-likeness (QED) is 0.855. The van der Waals surface area contributed by atoms with Crippen LogP contribution >= 0.6 is 0 Å². The minimum Gasteiger partial charge on any atom is -0.329 e. The molecular weight excluding hydrogens is 300 g/mol. The van der Waals surface area contributed by atoms with E-state index in [0.29, 0.717) is 32.0 Å². The summed E-state index contributed by atoms with van der Waals surface area (Å²) in [6, 6.07) is 2.39. The zero-order valence-corrected chi connectivity index (χ0v) is 12.6. The summed E-state index contributed by atoms with van der Waals surface area (Å²) in [5, 5.41) is 0. The number of likely N-dealkylation sites (tertiary alicyclic amines) is 1. The number of nitrogens with two attached hydrogens (primary N) is 1. The molecule has 1 heterocycles. The first-order valence-corrected chi connectivity index (χ1v) is 8.14. The fourth-order valence-electron chi connectivity index (χ4n) is 2.43. The molecule has 1 aliphatic heterocycles. The van der Waals surface area contributed by atoms with Crippen LogP contribution in [-0.2, 0) is 10.0 Å². The van der Waals surface area contributed by atoms with Gasteiger partial charge >= 0.3 is 0 Å². The maximum absolute atomic E-state index is 13.7. The maximum Gasteiger partial charge on any atom is 0.244 e. The molecule has 0 amide bonds. The SMILES string of the molecule is CN1CCC(CN)(NS(=O)(=O)c2ccc(F)cc2F)CC1. The van der Waals surface area contributed by atoms with Gasteiger partial charge in [-0.15, -0.1) is 0 Å². The molecule has 0 saturated carbocycles. The Balaban J connectivity index is 2.27. The molecule has 1 saturated heterocycles. The molecule has 1 aromatic rings. The van der Waals surface area contributed by atoms with Crippen molar-refractivity contribution < 1.29 is 17.2 Å². The van der Waals surface area contributed by atoms with Crippen molar-refractivity contribution in [1.82, 2.24) is 9.62 Å². The summed E-state index contributed by atoms with van der Waals surface area (Å²) < 4.78 is 53.8. The number of hydrogen-bond donors (Lipinski definition) is 2. The van der Waals surface area contributed by atoms with E-state index in [1.54, 1.807) is 0 Å². The Labute approximate surface area is 123 Å². The molecule has 8 heteroatoms. The monoisotopic (exact) mass is 319 g/mol. The Morgan fingerprint density at radius 3 is 2.48 bits per heavy atom. The van der Waals surface area contributed by atoms with Crippen LogP contribution in [0.5, 0.6) is 0 Å². The molecule has 0 radical (unpaired) electrons. The normalized spacial score (nSPS) is 19.6. The molecule has 0 aliphatic carbocycles. The molecule has 21 heavy (non-hydrogen) atoms. The van der Waals surface area contributed by atoms with Crippen LogP contribution in [0.15, 0.2) is 23.1 Å². The number of nitrogens with zero attached hydrogens (tertiary/aromatic N) is 1. The minimum atomic E-state index is -4.09. The Hall–Kier alpha value is -1.09. The van der Waals surface area contributed by atoms with E-state index in [-0.39, 0.29) is 6.54 Å². The molecule has 0 unspecified atom stereocenters. The summed E-state index contributed by atoms with van der Waals surface area (Å²) in [5.74, 6) is -1.93. The average Bonchev–Trinajstić information content (AvgIpc) is 2.41. The van der Waals surface area contributed by atoms with E-state index < -0.39 is 32.1 Å². The standard InChI is InChI=1S/C13H19F2N3O2S/c1-18-6-4-13(9-16,5-7-18)17-21(19,20)12-3-2-10(14)8-11(12)15/h2-3,8,17H,4-7,9,16H2,1H3. The predicted molar refractivity (Wildman–Crippen MR) is 75.2 cm³/mol. The second-order valence-electron chi connectivity index (χ2n) is 5.47. The van der Waals surface area contributed by atoms with Gasteiger partial charge in [0.15, 0.2) is 0 Å². The zero-order valence-electron chi connectivity index (χ0n) is 11.8. The molecule has 5 nitrogen and oxygen atoms in total. The summed E-state index contributed by atoms with van der Waals surface area (Å²) in [7, 11) is -2.15. The fourth-order valence-corrected chi connectivity index (χ4v) is 3.96. The molecule has 1 aliphatic rings. The predicted octanol–water partition coefficient (Wildman–Crippen LogP) is 0.666. The molecule has 0 aromatic heterocycles. The molecule has 1 fully saturated rings. The average molecular weight is 319 g/mol. The maximum atomic E-state index is 13.7. The molecule has 0 spiro atoms. The van der Waals surface area contributed by atoms with Crippen LogP contribution in [0.25, 0.3) is 0 Å². The molecule has 2 rings (SSSR count). The van der Waals surface area contributed by atoms with Crippen LogP contribution in [0.3, 0.4) is 0 Å². The van der Waals surface area contributed by atoms with Crippen LogP contribution < -0.4 is 10.5 Å². The highest BCUT2D eigenvalue weighted by atomic mass is 32.2. The topological polar surface area (TPSA) is 75.4 Å². The molecule has 118 valence electrons. The third-order valence-corrected chi connectivity index (χ3v) is 5.48. The van der Waals surface area contributed by atoms with Gasteiger partial charge in [0.05, 0.1) is 0 Å². The van der Waals surface area contributed by atoms with Crippen molar-refractivity contribution in [2.75, 3.05) is 26.7 Å². The van der Waals surface area contributed by atoms with Crippen LogP contribution in [0.2, 0.25) is 0 Å². The van der Waals surface area contributed by atoms with Crippen molar-refractivity contribution in [2.24, 2.45) is 5.73 Å². The second-order valence-corrected chi connectivity index (χ2v) is 7.12. The van der Waals surface area contributed by atoms with Crippen LogP contribution in [0.1, 0.15) is 12.8 Å². The Kier molecular flexibility index (Phi) is 4.62. The molecular formula is C13H19F2N3O2S. The van der Waals surface area contributed by atoms with E-state index in [2.05, 4.69) is 9.62 Å². The second kappa shape index (κ2) is 5.96. The van der Waals surface area contributed by atoms with E-state index >= 15 is 0 Å². The van der Waals surface area contributed by atoms with Crippen molar-refractivity contribution >= 4 is 10.0 Å². The van der Waals surface area contributed by atoms with Gasteiger partial charge in [-0.2, -0.15) is 0 Å². The number of piperidine rings is 1. The van der Waals surface area contributed by atoms with Gasteiger partial charge in [0, 0.05) is 18.2 Å². The van der Waals surface area contributed by atoms with Gasteiger partial charge in [-0.25, -0.2) is 21.9 Å². The number of halogens is 2. The van der Waals surface area contributed by atoms with Crippen molar-refractivity contribution in [1.29, 1.82) is 0 Å². The smallest absolute Gasteiger partial charge is 0.244 e. The summed E-state index contributed by atoms with van der Waals surface area (Å²) in [6.07, 6.45) is 1.09. The minimum absolute atomic E-state index is 0.128. The van der Waals surface area contributed by atoms with E-state index in [0.717, 1.165) is 12.1 Å².